The number of rotatable bonds is 3. The van der Waals surface area contributed by atoms with E-state index in [1.807, 2.05) is 31.2 Å². The molecule has 0 aliphatic carbocycles. The third-order valence-corrected chi connectivity index (χ3v) is 3.53. The van der Waals surface area contributed by atoms with Crippen molar-refractivity contribution in [2.45, 2.75) is 13.5 Å². The number of nitrogens with one attached hydrogen (secondary N) is 1. The molecule has 0 radical (unpaired) electrons. The standard InChI is InChI=1S/C15H15BrFN3.HI/c1-10-2-5-13(6-3-10)20-15(18)19-9-11-8-12(17)4-7-14(11)16;/h2-8H,9H2,1H3,(H3,18,19,20);1H. The smallest absolute Gasteiger partial charge is 0.193 e. The molecular weight excluding hydrogens is 448 g/mol. The molecule has 112 valence electrons. The predicted molar refractivity (Wildman–Crippen MR) is 99.6 cm³/mol. The molecule has 0 unspecified atom stereocenters. The lowest BCUT2D eigenvalue weighted by molar-refractivity contribution is 0.625. The molecule has 0 saturated carbocycles. The Bertz CT molecular complexity index is 629. The number of nitrogens with two attached hydrogens (primary N) is 1. The van der Waals surface area contributed by atoms with Crippen molar-refractivity contribution in [1.82, 2.24) is 0 Å². The summed E-state index contributed by atoms with van der Waals surface area (Å²) in [6, 6.07) is 12.3. The van der Waals surface area contributed by atoms with E-state index >= 15 is 0 Å². The molecule has 2 aromatic carbocycles. The monoisotopic (exact) mass is 463 g/mol. The van der Waals surface area contributed by atoms with Gasteiger partial charge in [-0.3, -0.25) is 0 Å². The number of anilines is 1. The van der Waals surface area contributed by atoms with Crippen molar-refractivity contribution >= 4 is 51.6 Å². The number of halogens is 3. The number of hydrogen-bond acceptors (Lipinski definition) is 1. The van der Waals surface area contributed by atoms with E-state index in [0.717, 1.165) is 15.7 Å². The lowest BCUT2D eigenvalue weighted by Crippen LogP contribution is -2.22. The molecular formula is C15H16BrFIN3. The molecule has 0 aliphatic rings. The summed E-state index contributed by atoms with van der Waals surface area (Å²) in [7, 11) is 0. The van der Waals surface area contributed by atoms with Crippen molar-refractivity contribution < 1.29 is 4.39 Å². The van der Waals surface area contributed by atoms with E-state index in [1.54, 1.807) is 6.07 Å². The zero-order chi connectivity index (χ0) is 14.5. The summed E-state index contributed by atoms with van der Waals surface area (Å²) in [5, 5.41) is 2.99. The van der Waals surface area contributed by atoms with Crippen molar-refractivity contribution in [3.05, 3.63) is 63.9 Å². The summed E-state index contributed by atoms with van der Waals surface area (Å²) in [5.41, 5.74) is 8.60. The van der Waals surface area contributed by atoms with Gasteiger partial charge in [0.05, 0.1) is 6.54 Å². The first-order valence-electron chi connectivity index (χ1n) is 6.12. The molecule has 3 N–H and O–H groups in total. The van der Waals surface area contributed by atoms with Crippen LogP contribution in [-0.2, 0) is 6.54 Å². The third-order valence-electron chi connectivity index (χ3n) is 2.75. The Morgan fingerprint density at radius 2 is 1.90 bits per heavy atom. The third kappa shape index (κ3) is 5.62. The van der Waals surface area contributed by atoms with Gasteiger partial charge in [-0.05, 0) is 42.8 Å². The van der Waals surface area contributed by atoms with Crippen LogP contribution in [0.4, 0.5) is 10.1 Å². The number of benzene rings is 2. The van der Waals surface area contributed by atoms with E-state index in [9.17, 15) is 4.39 Å². The van der Waals surface area contributed by atoms with Crippen LogP contribution in [-0.4, -0.2) is 5.96 Å². The molecule has 3 nitrogen and oxygen atoms in total. The molecule has 0 fully saturated rings. The lowest BCUT2D eigenvalue weighted by atomic mass is 10.2. The van der Waals surface area contributed by atoms with Gasteiger partial charge in [-0.25, -0.2) is 9.38 Å². The highest BCUT2D eigenvalue weighted by Crippen LogP contribution is 2.18. The molecule has 0 aliphatic heterocycles. The van der Waals surface area contributed by atoms with Gasteiger partial charge in [-0.15, -0.1) is 24.0 Å². The first kappa shape index (κ1) is 17.9. The molecule has 0 amide bonds. The second kappa shape index (κ2) is 8.33. The van der Waals surface area contributed by atoms with Crippen molar-refractivity contribution in [3.8, 4) is 0 Å². The van der Waals surface area contributed by atoms with Crippen LogP contribution in [0.5, 0.6) is 0 Å². The largest absolute Gasteiger partial charge is 0.370 e. The normalized spacial score (nSPS) is 10.9. The van der Waals surface area contributed by atoms with Crippen molar-refractivity contribution in [1.29, 1.82) is 0 Å². The second-order valence-corrected chi connectivity index (χ2v) is 5.28. The van der Waals surface area contributed by atoms with Crippen LogP contribution in [0, 0.1) is 12.7 Å². The van der Waals surface area contributed by atoms with Gasteiger partial charge in [0.1, 0.15) is 5.82 Å². The summed E-state index contributed by atoms with van der Waals surface area (Å²) in [6.45, 7) is 2.33. The summed E-state index contributed by atoms with van der Waals surface area (Å²) in [4.78, 5) is 4.20. The number of aryl methyl sites for hydroxylation is 1. The topological polar surface area (TPSA) is 50.4 Å². The van der Waals surface area contributed by atoms with E-state index in [1.165, 1.54) is 17.7 Å². The Hall–Kier alpha value is -1.15. The molecule has 21 heavy (non-hydrogen) atoms. The molecule has 0 spiro atoms. The maximum atomic E-state index is 13.1. The first-order chi connectivity index (χ1) is 9.54. The van der Waals surface area contributed by atoms with Gasteiger partial charge in [-0.1, -0.05) is 33.6 Å². The van der Waals surface area contributed by atoms with Crippen molar-refractivity contribution in [2.75, 3.05) is 5.32 Å². The van der Waals surface area contributed by atoms with Gasteiger partial charge >= 0.3 is 0 Å². The predicted octanol–water partition coefficient (Wildman–Crippen LogP) is 4.44. The maximum absolute atomic E-state index is 13.1. The van der Waals surface area contributed by atoms with E-state index < -0.39 is 0 Å². The average molecular weight is 464 g/mol. The molecule has 0 heterocycles. The van der Waals surface area contributed by atoms with Crippen molar-refractivity contribution in [2.24, 2.45) is 10.7 Å². The Labute approximate surface area is 149 Å². The van der Waals surface area contributed by atoms with Crippen LogP contribution in [0.2, 0.25) is 0 Å². The van der Waals surface area contributed by atoms with Gasteiger partial charge in [0.25, 0.3) is 0 Å². The minimum absolute atomic E-state index is 0. The number of hydrogen-bond donors (Lipinski definition) is 2. The molecule has 2 aromatic rings. The summed E-state index contributed by atoms with van der Waals surface area (Å²) in [5.74, 6) is 0.00785. The van der Waals surface area contributed by atoms with Crippen LogP contribution >= 0.6 is 39.9 Å². The van der Waals surface area contributed by atoms with Crippen LogP contribution in [0.15, 0.2) is 51.9 Å². The first-order valence-corrected chi connectivity index (χ1v) is 6.91. The molecule has 6 heteroatoms. The number of aliphatic imine (C=N–C) groups is 1. The fraction of sp³-hybridized carbons (Fsp3) is 0.133. The number of guanidine groups is 1. The van der Waals surface area contributed by atoms with E-state index in [2.05, 4.69) is 26.2 Å². The minimum Gasteiger partial charge on any atom is -0.370 e. The lowest BCUT2D eigenvalue weighted by Gasteiger charge is -2.06. The number of nitrogens with zero attached hydrogens (tertiary/aromatic N) is 1. The Balaban J connectivity index is 0.00000220. The fourth-order valence-electron chi connectivity index (χ4n) is 1.66. The SMILES string of the molecule is Cc1ccc(NC(N)=NCc2cc(F)ccc2Br)cc1.I. The van der Waals surface area contributed by atoms with E-state index in [0.29, 0.717) is 12.5 Å². The molecule has 0 bridgehead atoms. The molecule has 0 saturated heterocycles. The highest BCUT2D eigenvalue weighted by molar-refractivity contribution is 14.0. The Kier molecular flexibility index (Phi) is 7.10. The van der Waals surface area contributed by atoms with Gasteiger partial charge in [0.2, 0.25) is 0 Å². The fourth-order valence-corrected chi connectivity index (χ4v) is 2.03. The highest BCUT2D eigenvalue weighted by atomic mass is 127. The average Bonchev–Trinajstić information content (AvgIpc) is 2.42. The summed E-state index contributed by atoms with van der Waals surface area (Å²) >= 11 is 3.36. The van der Waals surface area contributed by atoms with Crippen LogP contribution < -0.4 is 11.1 Å². The Morgan fingerprint density at radius 1 is 1.24 bits per heavy atom. The van der Waals surface area contributed by atoms with E-state index in [4.69, 9.17) is 5.73 Å². The highest BCUT2D eigenvalue weighted by Gasteiger charge is 2.01. The Morgan fingerprint density at radius 3 is 2.57 bits per heavy atom. The summed E-state index contributed by atoms with van der Waals surface area (Å²) < 4.78 is 14.0. The second-order valence-electron chi connectivity index (χ2n) is 4.43. The zero-order valence-electron chi connectivity index (χ0n) is 11.4. The van der Waals surface area contributed by atoms with Crippen LogP contribution in [0.3, 0.4) is 0 Å². The van der Waals surface area contributed by atoms with Crippen molar-refractivity contribution in [3.63, 3.8) is 0 Å². The van der Waals surface area contributed by atoms with Gasteiger partial charge < -0.3 is 11.1 Å². The van der Waals surface area contributed by atoms with Gasteiger partial charge in [0, 0.05) is 10.2 Å². The van der Waals surface area contributed by atoms with Crippen LogP contribution in [0.25, 0.3) is 0 Å². The van der Waals surface area contributed by atoms with Gasteiger partial charge in [0.15, 0.2) is 5.96 Å². The minimum atomic E-state index is -0.288. The molecule has 0 atom stereocenters. The maximum Gasteiger partial charge on any atom is 0.193 e. The quantitative estimate of drug-likeness (QED) is 0.401. The summed E-state index contributed by atoms with van der Waals surface area (Å²) in [6.07, 6.45) is 0. The van der Waals surface area contributed by atoms with Crippen LogP contribution in [0.1, 0.15) is 11.1 Å². The molecule has 2 rings (SSSR count). The zero-order valence-corrected chi connectivity index (χ0v) is 15.4. The molecule has 0 aromatic heterocycles. The van der Waals surface area contributed by atoms with Gasteiger partial charge in [-0.2, -0.15) is 0 Å². The van der Waals surface area contributed by atoms with E-state index in [-0.39, 0.29) is 29.8 Å².